The van der Waals surface area contributed by atoms with Crippen molar-refractivity contribution in [2.24, 2.45) is 11.1 Å². The number of benzene rings is 1. The third-order valence-corrected chi connectivity index (χ3v) is 7.16. The van der Waals surface area contributed by atoms with E-state index in [1.165, 1.54) is 24.2 Å². The molecular weight excluding hydrogens is 350 g/mol. The number of piperidine rings is 1. The van der Waals surface area contributed by atoms with Crippen molar-refractivity contribution >= 4 is 28.4 Å². The van der Waals surface area contributed by atoms with Crippen LogP contribution >= 0.6 is 0 Å². The van der Waals surface area contributed by atoms with E-state index in [2.05, 4.69) is 20.7 Å². The van der Waals surface area contributed by atoms with Gasteiger partial charge in [0.25, 0.3) is 5.91 Å². The average molecular weight is 375 g/mol. The zero-order valence-corrected chi connectivity index (χ0v) is 16.0. The van der Waals surface area contributed by atoms with Gasteiger partial charge in [0.05, 0.1) is 16.6 Å². The molecular formula is C22H25N5O. The molecule has 1 aliphatic carbocycles. The van der Waals surface area contributed by atoms with Gasteiger partial charge in [-0.25, -0.2) is 4.98 Å². The smallest absolute Gasteiger partial charge is 0.252 e. The molecule has 3 aliphatic rings. The summed E-state index contributed by atoms with van der Waals surface area (Å²) in [5.74, 6) is 0.895. The summed E-state index contributed by atoms with van der Waals surface area (Å²) in [6.07, 6.45) is 5.45. The number of nitrogens with two attached hydrogens (primary N) is 1. The van der Waals surface area contributed by atoms with Crippen molar-refractivity contribution in [3.63, 3.8) is 0 Å². The second-order valence-electron chi connectivity index (χ2n) is 8.72. The maximum Gasteiger partial charge on any atom is 0.252 e. The molecule has 144 valence electrons. The standard InChI is InChI=1S/C22H25N5O/c23-19(28)18-14-4-3-5-15(14)21(26-10-8-22(9-11-26)12-24-13-22)27-17-7-2-1-6-16(17)25-20(18)27/h1-2,6-7,24H,3-5,8-13H2,(H2,23,28). The highest BCUT2D eigenvalue weighted by molar-refractivity contribution is 6.03. The highest BCUT2D eigenvalue weighted by Gasteiger charge is 2.41. The first kappa shape index (κ1) is 16.4. The SMILES string of the molecule is NC(=O)c1c2c(c(N3CCC4(CC3)CNC4)n3c1nc1ccccc13)CCC2. The Morgan fingerprint density at radius 2 is 1.86 bits per heavy atom. The fourth-order valence-electron chi connectivity index (χ4n) is 5.56. The van der Waals surface area contributed by atoms with Crippen molar-refractivity contribution in [3.8, 4) is 0 Å². The number of nitrogens with one attached hydrogen (secondary N) is 1. The van der Waals surface area contributed by atoms with Gasteiger partial charge in [0.15, 0.2) is 5.65 Å². The third-order valence-electron chi connectivity index (χ3n) is 7.16. The lowest BCUT2D eigenvalue weighted by Gasteiger charge is -2.49. The van der Waals surface area contributed by atoms with Gasteiger partial charge >= 0.3 is 0 Å². The Labute approximate surface area is 163 Å². The van der Waals surface area contributed by atoms with Crippen LogP contribution in [0.1, 0.15) is 40.7 Å². The van der Waals surface area contributed by atoms with Crippen LogP contribution in [-0.4, -0.2) is 41.5 Å². The van der Waals surface area contributed by atoms with Crippen LogP contribution in [0.5, 0.6) is 0 Å². The number of carbonyl (C=O) groups excluding carboxylic acids is 1. The summed E-state index contributed by atoms with van der Waals surface area (Å²) in [7, 11) is 0. The molecule has 2 aromatic heterocycles. The minimum absolute atomic E-state index is 0.358. The van der Waals surface area contributed by atoms with Crippen LogP contribution in [0.4, 0.5) is 5.82 Å². The third kappa shape index (κ3) is 2.12. The van der Waals surface area contributed by atoms with Crippen molar-refractivity contribution in [2.75, 3.05) is 31.1 Å². The number of para-hydroxylation sites is 2. The number of anilines is 1. The van der Waals surface area contributed by atoms with Crippen molar-refractivity contribution < 1.29 is 4.79 Å². The Hall–Kier alpha value is -2.60. The molecule has 2 saturated heterocycles. The van der Waals surface area contributed by atoms with Crippen molar-refractivity contribution in [3.05, 3.63) is 41.0 Å². The Balaban J connectivity index is 1.61. The highest BCUT2D eigenvalue weighted by Crippen LogP contribution is 2.42. The second kappa shape index (κ2) is 5.70. The lowest BCUT2D eigenvalue weighted by atomic mass is 9.73. The summed E-state index contributed by atoms with van der Waals surface area (Å²) in [6, 6.07) is 8.17. The molecule has 0 atom stereocenters. The number of fused-ring (bicyclic) bond motifs is 4. The molecule has 6 rings (SSSR count). The lowest BCUT2D eigenvalue weighted by molar-refractivity contribution is 0.100. The summed E-state index contributed by atoms with van der Waals surface area (Å²) in [5.41, 5.74) is 12.1. The van der Waals surface area contributed by atoms with Crippen LogP contribution in [-0.2, 0) is 12.8 Å². The molecule has 6 heteroatoms. The largest absolute Gasteiger partial charge is 0.365 e. The molecule has 2 fully saturated rings. The van der Waals surface area contributed by atoms with E-state index in [0.29, 0.717) is 11.0 Å². The van der Waals surface area contributed by atoms with Crippen LogP contribution in [0.3, 0.4) is 0 Å². The molecule has 0 unspecified atom stereocenters. The number of aromatic nitrogens is 2. The summed E-state index contributed by atoms with van der Waals surface area (Å²) in [6.45, 7) is 4.43. The maximum atomic E-state index is 12.4. The van der Waals surface area contributed by atoms with E-state index in [0.717, 1.165) is 67.7 Å². The number of nitrogens with zero attached hydrogens (tertiary/aromatic N) is 3. The minimum atomic E-state index is -0.358. The Morgan fingerprint density at radius 3 is 2.57 bits per heavy atom. The molecule has 1 amide bonds. The van der Waals surface area contributed by atoms with E-state index < -0.39 is 0 Å². The molecule has 1 spiro atoms. The average Bonchev–Trinajstić information content (AvgIpc) is 3.29. The summed E-state index contributed by atoms with van der Waals surface area (Å²) < 4.78 is 2.22. The second-order valence-corrected chi connectivity index (χ2v) is 8.72. The van der Waals surface area contributed by atoms with Gasteiger partial charge in [-0.1, -0.05) is 12.1 Å². The highest BCUT2D eigenvalue weighted by atomic mass is 16.1. The van der Waals surface area contributed by atoms with Crippen molar-refractivity contribution in [1.82, 2.24) is 14.7 Å². The van der Waals surface area contributed by atoms with Gasteiger partial charge in [0.1, 0.15) is 5.82 Å². The van der Waals surface area contributed by atoms with Gasteiger partial charge in [-0.3, -0.25) is 9.20 Å². The number of imidazole rings is 1. The quantitative estimate of drug-likeness (QED) is 0.720. The zero-order valence-electron chi connectivity index (χ0n) is 16.0. The molecule has 1 aromatic carbocycles. The fourth-order valence-corrected chi connectivity index (χ4v) is 5.56. The molecule has 0 bridgehead atoms. The van der Waals surface area contributed by atoms with Gasteiger partial charge in [0.2, 0.25) is 0 Å². The van der Waals surface area contributed by atoms with Crippen LogP contribution in [0.2, 0.25) is 0 Å². The molecule has 3 N–H and O–H groups in total. The molecule has 0 saturated carbocycles. The van der Waals surface area contributed by atoms with Gasteiger partial charge in [-0.2, -0.15) is 0 Å². The molecule has 4 heterocycles. The normalized spacial score (nSPS) is 20.6. The predicted octanol–water partition coefficient (Wildman–Crippen LogP) is 2.26. The molecule has 6 nitrogen and oxygen atoms in total. The van der Waals surface area contributed by atoms with Crippen molar-refractivity contribution in [2.45, 2.75) is 32.1 Å². The van der Waals surface area contributed by atoms with E-state index in [9.17, 15) is 4.79 Å². The van der Waals surface area contributed by atoms with Crippen LogP contribution in [0.15, 0.2) is 24.3 Å². The molecule has 0 radical (unpaired) electrons. The van der Waals surface area contributed by atoms with Crippen molar-refractivity contribution in [1.29, 1.82) is 0 Å². The number of rotatable bonds is 2. The first-order valence-electron chi connectivity index (χ1n) is 10.4. The van der Waals surface area contributed by atoms with E-state index in [1.807, 2.05) is 18.2 Å². The van der Waals surface area contributed by atoms with Gasteiger partial charge in [0, 0.05) is 26.2 Å². The predicted molar refractivity (Wildman–Crippen MR) is 110 cm³/mol. The van der Waals surface area contributed by atoms with Gasteiger partial charge in [-0.05, 0) is 60.8 Å². The Kier molecular flexibility index (Phi) is 3.33. The number of hydrogen-bond acceptors (Lipinski definition) is 4. The van der Waals surface area contributed by atoms with E-state index in [1.54, 1.807) is 0 Å². The van der Waals surface area contributed by atoms with Crippen LogP contribution in [0, 0.1) is 5.41 Å². The van der Waals surface area contributed by atoms with E-state index in [4.69, 9.17) is 10.7 Å². The summed E-state index contributed by atoms with van der Waals surface area (Å²) in [5, 5.41) is 3.45. The molecule has 28 heavy (non-hydrogen) atoms. The van der Waals surface area contributed by atoms with Crippen LogP contribution in [0.25, 0.3) is 16.7 Å². The van der Waals surface area contributed by atoms with E-state index in [-0.39, 0.29) is 5.91 Å². The monoisotopic (exact) mass is 375 g/mol. The topological polar surface area (TPSA) is 75.7 Å². The zero-order chi connectivity index (χ0) is 18.9. The number of carbonyl (C=O) groups is 1. The molecule has 2 aliphatic heterocycles. The maximum absolute atomic E-state index is 12.4. The number of pyridine rings is 1. The first-order chi connectivity index (χ1) is 13.7. The Morgan fingerprint density at radius 1 is 1.11 bits per heavy atom. The summed E-state index contributed by atoms with van der Waals surface area (Å²) in [4.78, 5) is 19.8. The lowest BCUT2D eigenvalue weighted by Crippen LogP contribution is -2.58. The van der Waals surface area contributed by atoms with Crippen LogP contribution < -0.4 is 16.0 Å². The summed E-state index contributed by atoms with van der Waals surface area (Å²) >= 11 is 0. The minimum Gasteiger partial charge on any atom is -0.365 e. The molecule has 3 aromatic rings. The van der Waals surface area contributed by atoms with Gasteiger partial charge < -0.3 is 16.0 Å². The number of primary amides is 1. The number of amides is 1. The fraction of sp³-hybridized carbons (Fsp3) is 0.455. The first-order valence-corrected chi connectivity index (χ1v) is 10.4. The Bertz CT molecular complexity index is 1120. The van der Waals surface area contributed by atoms with Gasteiger partial charge in [-0.15, -0.1) is 0 Å². The van der Waals surface area contributed by atoms with E-state index >= 15 is 0 Å². The number of hydrogen-bond donors (Lipinski definition) is 2.